The average Bonchev–Trinajstić information content (AvgIpc) is 3.54. The fraction of sp³-hybridized carbons (Fsp3) is 0.217. The average molecular weight is 430 g/mol. The molecule has 0 radical (unpaired) electrons. The maximum atomic E-state index is 13.8. The maximum Gasteiger partial charge on any atom is 0.278 e. The highest BCUT2D eigenvalue weighted by Crippen LogP contribution is 2.30. The topological polar surface area (TPSA) is 79.2 Å². The highest BCUT2D eigenvalue weighted by molar-refractivity contribution is 5.84. The SMILES string of the molecule is CC1OCCC1n1c(=O)c2c(-c3cn(-c4cccc(F)c4)nn3)ncn2c2ccccc21. The Labute approximate surface area is 181 Å². The summed E-state index contributed by atoms with van der Waals surface area (Å²) in [6.45, 7) is 2.61. The van der Waals surface area contributed by atoms with Crippen LogP contribution in [0.1, 0.15) is 19.4 Å². The molecule has 2 unspecified atom stereocenters. The molecule has 9 heteroatoms. The van der Waals surface area contributed by atoms with Gasteiger partial charge in [-0.05, 0) is 43.7 Å². The van der Waals surface area contributed by atoms with Gasteiger partial charge in [-0.15, -0.1) is 5.10 Å². The predicted octanol–water partition coefficient (Wildman–Crippen LogP) is 3.39. The summed E-state index contributed by atoms with van der Waals surface area (Å²) in [5.41, 5.74) is 3.38. The lowest BCUT2D eigenvalue weighted by atomic mass is 10.1. The van der Waals surface area contributed by atoms with Gasteiger partial charge >= 0.3 is 0 Å². The Kier molecular flexibility index (Phi) is 4.19. The van der Waals surface area contributed by atoms with Gasteiger partial charge in [0.15, 0.2) is 0 Å². The number of ether oxygens (including phenoxy) is 1. The predicted molar refractivity (Wildman–Crippen MR) is 116 cm³/mol. The van der Waals surface area contributed by atoms with Crippen molar-refractivity contribution in [1.82, 2.24) is 28.9 Å². The van der Waals surface area contributed by atoms with Crippen LogP contribution in [-0.4, -0.2) is 41.7 Å². The second-order valence-corrected chi connectivity index (χ2v) is 7.94. The van der Waals surface area contributed by atoms with E-state index in [1.807, 2.05) is 35.8 Å². The van der Waals surface area contributed by atoms with Crippen molar-refractivity contribution in [2.45, 2.75) is 25.5 Å². The van der Waals surface area contributed by atoms with Crippen molar-refractivity contribution < 1.29 is 9.13 Å². The number of halogens is 1. The molecule has 0 aliphatic carbocycles. The number of nitrogens with zero attached hydrogens (tertiary/aromatic N) is 6. The zero-order valence-corrected chi connectivity index (χ0v) is 17.2. The monoisotopic (exact) mass is 430 g/mol. The van der Waals surface area contributed by atoms with Crippen molar-refractivity contribution in [1.29, 1.82) is 0 Å². The number of hydrogen-bond donors (Lipinski definition) is 0. The van der Waals surface area contributed by atoms with Crippen LogP contribution in [0.2, 0.25) is 0 Å². The molecule has 8 nitrogen and oxygen atoms in total. The van der Waals surface area contributed by atoms with Gasteiger partial charge in [-0.25, -0.2) is 14.1 Å². The van der Waals surface area contributed by atoms with Gasteiger partial charge in [0, 0.05) is 6.61 Å². The first-order valence-electron chi connectivity index (χ1n) is 10.4. The molecule has 0 amide bonds. The first kappa shape index (κ1) is 18.9. The Bertz CT molecular complexity index is 1530. The van der Waals surface area contributed by atoms with Crippen molar-refractivity contribution in [2.24, 2.45) is 0 Å². The summed E-state index contributed by atoms with van der Waals surface area (Å²) in [6.07, 6.45) is 3.98. The van der Waals surface area contributed by atoms with Crippen LogP contribution in [0.15, 0.2) is 65.8 Å². The number of imidazole rings is 1. The minimum Gasteiger partial charge on any atom is -0.376 e. The smallest absolute Gasteiger partial charge is 0.278 e. The first-order valence-corrected chi connectivity index (χ1v) is 10.4. The molecule has 2 aromatic carbocycles. The van der Waals surface area contributed by atoms with Crippen molar-refractivity contribution in [2.75, 3.05) is 6.61 Å². The second kappa shape index (κ2) is 7.10. The molecule has 0 N–H and O–H groups in total. The lowest BCUT2D eigenvalue weighted by Gasteiger charge is -2.20. The summed E-state index contributed by atoms with van der Waals surface area (Å²) in [6, 6.07) is 13.8. The van der Waals surface area contributed by atoms with E-state index in [1.54, 1.807) is 29.1 Å². The number of hydrogen-bond acceptors (Lipinski definition) is 5. The molecular formula is C23H19FN6O2. The molecule has 1 aliphatic rings. The van der Waals surface area contributed by atoms with E-state index in [9.17, 15) is 9.18 Å². The highest BCUT2D eigenvalue weighted by atomic mass is 19.1. The van der Waals surface area contributed by atoms with Gasteiger partial charge in [0.25, 0.3) is 5.56 Å². The van der Waals surface area contributed by atoms with E-state index < -0.39 is 0 Å². The standard InChI is InChI=1S/C23H19FN6O2/c1-14-18(9-10-32-14)30-20-8-3-2-7-19(20)28-13-25-21(22(28)23(30)31)17-12-29(27-26-17)16-6-4-5-15(24)11-16/h2-8,11-14,18H,9-10H2,1H3. The third kappa shape index (κ3) is 2.78. The zero-order chi connectivity index (χ0) is 21.8. The Morgan fingerprint density at radius 1 is 1.12 bits per heavy atom. The van der Waals surface area contributed by atoms with Crippen LogP contribution >= 0.6 is 0 Å². The lowest BCUT2D eigenvalue weighted by Crippen LogP contribution is -2.30. The lowest BCUT2D eigenvalue weighted by molar-refractivity contribution is 0.108. The summed E-state index contributed by atoms with van der Waals surface area (Å²) in [4.78, 5) is 18.3. The van der Waals surface area contributed by atoms with Crippen LogP contribution in [0.4, 0.5) is 4.39 Å². The van der Waals surface area contributed by atoms with Crippen molar-refractivity contribution in [3.63, 3.8) is 0 Å². The van der Waals surface area contributed by atoms with Gasteiger partial charge in [-0.2, -0.15) is 0 Å². The van der Waals surface area contributed by atoms with Crippen LogP contribution in [0, 0.1) is 5.82 Å². The van der Waals surface area contributed by atoms with E-state index in [4.69, 9.17) is 4.74 Å². The molecule has 0 bridgehead atoms. The zero-order valence-electron chi connectivity index (χ0n) is 17.2. The minimum absolute atomic E-state index is 0.0665. The van der Waals surface area contributed by atoms with Gasteiger partial charge in [0.1, 0.15) is 29.0 Å². The maximum absolute atomic E-state index is 13.8. The number of rotatable bonds is 3. The van der Waals surface area contributed by atoms with Crippen LogP contribution in [0.3, 0.4) is 0 Å². The summed E-state index contributed by atoms with van der Waals surface area (Å²) >= 11 is 0. The molecule has 1 saturated heterocycles. The molecule has 3 aromatic heterocycles. The van der Waals surface area contributed by atoms with E-state index >= 15 is 0 Å². The van der Waals surface area contributed by atoms with Crippen LogP contribution < -0.4 is 5.56 Å². The first-order chi connectivity index (χ1) is 15.6. The Balaban J connectivity index is 1.59. The summed E-state index contributed by atoms with van der Waals surface area (Å²) < 4.78 is 24.5. The molecule has 160 valence electrons. The Morgan fingerprint density at radius 2 is 1.97 bits per heavy atom. The molecule has 1 aliphatic heterocycles. The van der Waals surface area contributed by atoms with E-state index in [0.717, 1.165) is 17.5 Å². The van der Waals surface area contributed by atoms with Gasteiger partial charge in [0.05, 0.1) is 35.1 Å². The third-order valence-electron chi connectivity index (χ3n) is 6.07. The van der Waals surface area contributed by atoms with Gasteiger partial charge in [-0.1, -0.05) is 23.4 Å². The van der Waals surface area contributed by atoms with E-state index in [2.05, 4.69) is 15.3 Å². The largest absolute Gasteiger partial charge is 0.376 e. The number of para-hydroxylation sites is 2. The van der Waals surface area contributed by atoms with Crippen molar-refractivity contribution in [3.8, 4) is 17.1 Å². The van der Waals surface area contributed by atoms with Crippen LogP contribution in [-0.2, 0) is 4.74 Å². The molecule has 5 aromatic rings. The number of benzene rings is 2. The molecular weight excluding hydrogens is 411 g/mol. The highest BCUT2D eigenvalue weighted by Gasteiger charge is 2.30. The summed E-state index contributed by atoms with van der Waals surface area (Å²) in [5.74, 6) is -0.366. The van der Waals surface area contributed by atoms with Crippen molar-refractivity contribution in [3.05, 3.63) is 77.2 Å². The van der Waals surface area contributed by atoms with E-state index in [0.29, 0.717) is 29.2 Å². The molecule has 0 spiro atoms. The fourth-order valence-corrected chi connectivity index (χ4v) is 4.52. The van der Waals surface area contributed by atoms with Crippen LogP contribution in [0.5, 0.6) is 0 Å². The summed E-state index contributed by atoms with van der Waals surface area (Å²) in [7, 11) is 0. The number of fused-ring (bicyclic) bond motifs is 3. The molecule has 32 heavy (non-hydrogen) atoms. The fourth-order valence-electron chi connectivity index (χ4n) is 4.52. The van der Waals surface area contributed by atoms with Gasteiger partial charge in [-0.3, -0.25) is 13.8 Å². The summed E-state index contributed by atoms with van der Waals surface area (Å²) in [5, 5.41) is 8.34. The quantitative estimate of drug-likeness (QED) is 0.438. The molecule has 1 fully saturated rings. The third-order valence-corrected chi connectivity index (χ3v) is 6.07. The normalized spacial score (nSPS) is 18.7. The molecule has 0 saturated carbocycles. The van der Waals surface area contributed by atoms with Gasteiger partial charge < -0.3 is 4.74 Å². The molecule has 4 heterocycles. The van der Waals surface area contributed by atoms with Crippen molar-refractivity contribution >= 4 is 16.6 Å². The number of aromatic nitrogens is 6. The minimum atomic E-state index is -0.366. The van der Waals surface area contributed by atoms with E-state index in [1.165, 1.54) is 16.8 Å². The molecule has 2 atom stereocenters. The van der Waals surface area contributed by atoms with Gasteiger partial charge in [0.2, 0.25) is 0 Å². The van der Waals surface area contributed by atoms with Crippen LogP contribution in [0.25, 0.3) is 33.6 Å². The Hall–Kier alpha value is -3.85. The molecule has 6 rings (SSSR count). The second-order valence-electron chi connectivity index (χ2n) is 7.94. The van der Waals surface area contributed by atoms with E-state index in [-0.39, 0.29) is 23.5 Å². The Morgan fingerprint density at radius 3 is 2.75 bits per heavy atom.